The van der Waals surface area contributed by atoms with Gasteiger partial charge in [0.1, 0.15) is 5.82 Å². The summed E-state index contributed by atoms with van der Waals surface area (Å²) in [6.45, 7) is 6.46. The molecule has 0 spiro atoms. The molecule has 104 valence electrons. The molecule has 2 heterocycles. The molecule has 0 atom stereocenters. The second kappa shape index (κ2) is 5.53. The summed E-state index contributed by atoms with van der Waals surface area (Å²) >= 11 is 0. The van der Waals surface area contributed by atoms with Gasteiger partial charge in [-0.2, -0.15) is 0 Å². The summed E-state index contributed by atoms with van der Waals surface area (Å²) in [5.41, 5.74) is 1.32. The third-order valence-corrected chi connectivity index (χ3v) is 3.74. The highest BCUT2D eigenvalue weighted by Crippen LogP contribution is 2.16. The Morgan fingerprint density at radius 3 is 2.65 bits per heavy atom. The molecule has 0 saturated heterocycles. The van der Waals surface area contributed by atoms with Gasteiger partial charge in [0.15, 0.2) is 0 Å². The van der Waals surface area contributed by atoms with E-state index in [-0.39, 0.29) is 0 Å². The molecule has 20 heavy (non-hydrogen) atoms. The first-order valence-electron chi connectivity index (χ1n) is 7.30. The van der Waals surface area contributed by atoms with Crippen LogP contribution in [0, 0.1) is 0 Å². The molecule has 0 bridgehead atoms. The van der Waals surface area contributed by atoms with Gasteiger partial charge < -0.3 is 9.13 Å². The molecule has 3 heteroatoms. The maximum Gasteiger partial charge on any atom is 0.111 e. The van der Waals surface area contributed by atoms with Crippen molar-refractivity contribution in [2.24, 2.45) is 0 Å². The third-order valence-electron chi connectivity index (χ3n) is 3.74. The van der Waals surface area contributed by atoms with Crippen LogP contribution in [0.25, 0.3) is 10.9 Å². The number of hydrogen-bond acceptors (Lipinski definition) is 1. The molecular weight excluding hydrogens is 246 g/mol. The van der Waals surface area contributed by atoms with Crippen LogP contribution in [-0.4, -0.2) is 14.1 Å². The van der Waals surface area contributed by atoms with Crippen LogP contribution < -0.4 is 0 Å². The van der Waals surface area contributed by atoms with Crippen molar-refractivity contribution < 1.29 is 0 Å². The lowest BCUT2D eigenvalue weighted by atomic mass is 10.2. The van der Waals surface area contributed by atoms with Crippen molar-refractivity contribution in [3.05, 3.63) is 54.7 Å². The predicted molar refractivity (Wildman–Crippen MR) is 82.9 cm³/mol. The fourth-order valence-corrected chi connectivity index (χ4v) is 2.76. The van der Waals surface area contributed by atoms with E-state index in [1.807, 2.05) is 6.20 Å². The smallest absolute Gasteiger partial charge is 0.111 e. The van der Waals surface area contributed by atoms with E-state index in [0.29, 0.717) is 5.92 Å². The number of imidazole rings is 1. The Hall–Kier alpha value is -2.03. The van der Waals surface area contributed by atoms with Crippen LogP contribution in [-0.2, 0) is 13.1 Å². The fourth-order valence-electron chi connectivity index (χ4n) is 2.76. The van der Waals surface area contributed by atoms with Gasteiger partial charge >= 0.3 is 0 Å². The lowest BCUT2D eigenvalue weighted by Crippen LogP contribution is -2.07. The number of benzene rings is 1. The van der Waals surface area contributed by atoms with E-state index in [1.54, 1.807) is 0 Å². The minimum Gasteiger partial charge on any atom is -0.347 e. The number of rotatable bonds is 5. The van der Waals surface area contributed by atoms with E-state index in [1.165, 1.54) is 16.7 Å². The zero-order valence-electron chi connectivity index (χ0n) is 12.2. The summed E-state index contributed by atoms with van der Waals surface area (Å²) in [6.07, 6.45) is 7.29. The minimum absolute atomic E-state index is 0.484. The second-order valence-corrected chi connectivity index (χ2v) is 5.56. The number of fused-ring (bicyclic) bond motifs is 1. The van der Waals surface area contributed by atoms with Crippen molar-refractivity contribution in [2.75, 3.05) is 0 Å². The van der Waals surface area contributed by atoms with E-state index >= 15 is 0 Å². The van der Waals surface area contributed by atoms with Gasteiger partial charge in [-0.25, -0.2) is 4.98 Å². The Morgan fingerprint density at radius 1 is 1.00 bits per heavy atom. The van der Waals surface area contributed by atoms with Gasteiger partial charge in [0.2, 0.25) is 0 Å². The van der Waals surface area contributed by atoms with Gasteiger partial charge in [0, 0.05) is 43.1 Å². The van der Waals surface area contributed by atoms with Crippen molar-refractivity contribution in [1.82, 2.24) is 14.1 Å². The molecule has 0 unspecified atom stereocenters. The average Bonchev–Trinajstić information content (AvgIpc) is 3.06. The first kappa shape index (κ1) is 13.0. The van der Waals surface area contributed by atoms with Crippen LogP contribution in [0.2, 0.25) is 0 Å². The highest BCUT2D eigenvalue weighted by Gasteiger charge is 2.06. The van der Waals surface area contributed by atoms with Gasteiger partial charge in [0.05, 0.1) is 0 Å². The van der Waals surface area contributed by atoms with Crippen molar-refractivity contribution >= 4 is 10.9 Å². The fraction of sp³-hybridized carbons (Fsp3) is 0.353. The molecule has 0 aliphatic rings. The van der Waals surface area contributed by atoms with Crippen LogP contribution in [0.3, 0.4) is 0 Å². The van der Waals surface area contributed by atoms with Crippen molar-refractivity contribution in [3.63, 3.8) is 0 Å². The summed E-state index contributed by atoms with van der Waals surface area (Å²) in [5.74, 6) is 1.67. The molecule has 0 amide bonds. The molecule has 3 nitrogen and oxygen atoms in total. The molecule has 0 fully saturated rings. The van der Waals surface area contributed by atoms with Crippen LogP contribution >= 0.6 is 0 Å². The number of hydrogen-bond donors (Lipinski definition) is 0. The molecule has 2 aromatic heterocycles. The van der Waals surface area contributed by atoms with Gasteiger partial charge in [-0.3, -0.25) is 0 Å². The highest BCUT2D eigenvalue weighted by molar-refractivity contribution is 5.79. The largest absolute Gasteiger partial charge is 0.347 e. The molecule has 1 aromatic carbocycles. The molecule has 0 aliphatic heterocycles. The first-order chi connectivity index (χ1) is 9.75. The van der Waals surface area contributed by atoms with E-state index in [9.17, 15) is 0 Å². The van der Waals surface area contributed by atoms with Crippen LogP contribution in [0.1, 0.15) is 32.0 Å². The Kier molecular flexibility index (Phi) is 3.59. The third kappa shape index (κ3) is 2.48. The molecule has 0 saturated carbocycles. The second-order valence-electron chi connectivity index (χ2n) is 5.56. The number of nitrogens with zero attached hydrogens (tertiary/aromatic N) is 3. The monoisotopic (exact) mass is 267 g/mol. The summed E-state index contributed by atoms with van der Waals surface area (Å²) in [6, 6.07) is 10.7. The molecule has 0 aliphatic carbocycles. The zero-order chi connectivity index (χ0) is 13.9. The van der Waals surface area contributed by atoms with Crippen LogP contribution in [0.4, 0.5) is 0 Å². The van der Waals surface area contributed by atoms with Gasteiger partial charge in [-0.15, -0.1) is 0 Å². The van der Waals surface area contributed by atoms with Crippen molar-refractivity contribution in [2.45, 2.75) is 39.3 Å². The summed E-state index contributed by atoms with van der Waals surface area (Å²) in [5, 5.41) is 1.32. The van der Waals surface area contributed by atoms with E-state index in [2.05, 4.69) is 70.7 Å². The van der Waals surface area contributed by atoms with E-state index in [0.717, 1.165) is 19.5 Å². The standard InChI is InChI=1S/C17H21N3/c1-14(2)17-18-9-13-20(17)11-5-10-19-12-8-15-6-3-4-7-16(15)19/h3-4,6-9,12-14H,5,10-11H2,1-2H3. The number of para-hydroxylation sites is 1. The molecule has 0 N–H and O–H groups in total. The molecule has 3 aromatic rings. The summed E-state index contributed by atoms with van der Waals surface area (Å²) in [7, 11) is 0. The highest BCUT2D eigenvalue weighted by atomic mass is 15.1. The lowest BCUT2D eigenvalue weighted by Gasteiger charge is -2.11. The van der Waals surface area contributed by atoms with Crippen LogP contribution in [0.5, 0.6) is 0 Å². The quantitative estimate of drug-likeness (QED) is 0.683. The Bertz CT molecular complexity index is 691. The average molecular weight is 267 g/mol. The van der Waals surface area contributed by atoms with Crippen LogP contribution in [0.15, 0.2) is 48.9 Å². The number of aromatic nitrogens is 3. The zero-order valence-corrected chi connectivity index (χ0v) is 12.2. The minimum atomic E-state index is 0.484. The SMILES string of the molecule is CC(C)c1nccn1CCCn1ccc2ccccc21. The van der Waals surface area contributed by atoms with Gasteiger partial charge in [-0.05, 0) is 23.9 Å². The maximum atomic E-state index is 4.44. The van der Waals surface area contributed by atoms with Crippen molar-refractivity contribution in [1.29, 1.82) is 0 Å². The Morgan fingerprint density at radius 2 is 1.80 bits per heavy atom. The Labute approximate surface area is 119 Å². The van der Waals surface area contributed by atoms with Gasteiger partial charge in [-0.1, -0.05) is 32.0 Å². The first-order valence-corrected chi connectivity index (χ1v) is 7.30. The summed E-state index contributed by atoms with van der Waals surface area (Å²) in [4.78, 5) is 4.44. The maximum absolute atomic E-state index is 4.44. The normalized spacial score (nSPS) is 11.6. The van der Waals surface area contributed by atoms with Gasteiger partial charge in [0.25, 0.3) is 0 Å². The van der Waals surface area contributed by atoms with E-state index in [4.69, 9.17) is 0 Å². The topological polar surface area (TPSA) is 22.8 Å². The predicted octanol–water partition coefficient (Wildman–Crippen LogP) is 4.05. The lowest BCUT2D eigenvalue weighted by molar-refractivity contribution is 0.545. The Balaban J connectivity index is 1.67. The van der Waals surface area contributed by atoms with E-state index < -0.39 is 0 Å². The molecular formula is C17H21N3. The molecule has 0 radical (unpaired) electrons. The number of aryl methyl sites for hydroxylation is 2. The molecule has 3 rings (SSSR count). The van der Waals surface area contributed by atoms with Crippen molar-refractivity contribution in [3.8, 4) is 0 Å². The summed E-state index contributed by atoms with van der Waals surface area (Å²) < 4.78 is 4.61.